The molecule has 3 rings (SSSR count). The largest absolute Gasteiger partial charge is 0.490 e. The highest BCUT2D eigenvalue weighted by atomic mass is 32.1. The number of hydrogen-bond donors (Lipinski definition) is 0. The molecule has 4 nitrogen and oxygen atoms in total. The molecule has 0 radical (unpaired) electrons. The summed E-state index contributed by atoms with van der Waals surface area (Å²) < 4.78 is 16.5. The van der Waals surface area contributed by atoms with Gasteiger partial charge in [0.1, 0.15) is 18.5 Å². The molecular weight excluding hydrogens is 286 g/mol. The molecule has 2 saturated heterocycles. The number of epoxide rings is 1. The van der Waals surface area contributed by atoms with Gasteiger partial charge < -0.3 is 19.1 Å². The van der Waals surface area contributed by atoms with Gasteiger partial charge in [0.2, 0.25) is 0 Å². The predicted molar refractivity (Wildman–Crippen MR) is 85.1 cm³/mol. The second-order valence-corrected chi connectivity index (χ2v) is 6.02. The maximum Gasteiger partial charge on any atom is 0.123 e. The molecule has 2 aliphatic heterocycles. The molecule has 1 aromatic carbocycles. The molecule has 0 N–H and O–H groups in total. The molecule has 0 spiro atoms. The third kappa shape index (κ3) is 4.15. The second-order valence-electron chi connectivity index (χ2n) is 5.55. The Morgan fingerprint density at radius 3 is 2.86 bits per heavy atom. The maximum absolute atomic E-state index is 5.90. The van der Waals surface area contributed by atoms with Crippen molar-refractivity contribution in [2.75, 3.05) is 39.5 Å². The second kappa shape index (κ2) is 6.73. The van der Waals surface area contributed by atoms with Crippen molar-refractivity contribution >= 4 is 17.2 Å². The molecule has 114 valence electrons. The van der Waals surface area contributed by atoms with Gasteiger partial charge in [-0.15, -0.1) is 0 Å². The molecule has 0 aliphatic carbocycles. The number of nitrogens with zero attached hydrogens (tertiary/aromatic N) is 1. The third-order valence-electron chi connectivity index (χ3n) is 3.76. The first kappa shape index (κ1) is 14.8. The summed E-state index contributed by atoms with van der Waals surface area (Å²) >= 11 is 5.59. The van der Waals surface area contributed by atoms with Crippen LogP contribution in [0.3, 0.4) is 0 Å². The number of ether oxygens (including phenoxy) is 3. The van der Waals surface area contributed by atoms with E-state index in [4.69, 9.17) is 26.4 Å². The fourth-order valence-electron chi connectivity index (χ4n) is 2.38. The van der Waals surface area contributed by atoms with E-state index in [-0.39, 0.29) is 6.10 Å². The number of hydrogen-bond acceptors (Lipinski definition) is 4. The van der Waals surface area contributed by atoms with E-state index in [0.29, 0.717) is 6.61 Å². The van der Waals surface area contributed by atoms with Crippen molar-refractivity contribution in [2.45, 2.75) is 19.4 Å². The average molecular weight is 307 g/mol. The lowest BCUT2D eigenvalue weighted by atomic mass is 10.1. The highest BCUT2D eigenvalue weighted by molar-refractivity contribution is 7.80. The van der Waals surface area contributed by atoms with Crippen LogP contribution in [0.15, 0.2) is 18.2 Å². The van der Waals surface area contributed by atoms with Crippen molar-refractivity contribution in [3.63, 3.8) is 0 Å². The van der Waals surface area contributed by atoms with Crippen LogP contribution in [-0.2, 0) is 15.9 Å². The van der Waals surface area contributed by atoms with Crippen LogP contribution in [0.5, 0.6) is 5.75 Å². The van der Waals surface area contributed by atoms with Crippen molar-refractivity contribution < 1.29 is 14.2 Å². The van der Waals surface area contributed by atoms with E-state index >= 15 is 0 Å². The van der Waals surface area contributed by atoms with Gasteiger partial charge in [0, 0.05) is 25.1 Å². The number of aryl methyl sites for hydroxylation is 1. The molecule has 0 saturated carbocycles. The Kier molecular flexibility index (Phi) is 4.73. The van der Waals surface area contributed by atoms with Crippen LogP contribution in [0.2, 0.25) is 0 Å². The minimum atomic E-state index is 0.268. The van der Waals surface area contributed by atoms with Crippen molar-refractivity contribution in [1.29, 1.82) is 0 Å². The lowest BCUT2D eigenvalue weighted by molar-refractivity contribution is 0.0684. The van der Waals surface area contributed by atoms with Gasteiger partial charge in [-0.1, -0.05) is 24.4 Å². The molecule has 0 amide bonds. The topological polar surface area (TPSA) is 34.2 Å². The number of thiocarbonyl (C=S) groups is 1. The van der Waals surface area contributed by atoms with Crippen LogP contribution in [-0.4, -0.2) is 55.5 Å². The van der Waals surface area contributed by atoms with Crippen molar-refractivity contribution in [3.05, 3.63) is 29.3 Å². The monoisotopic (exact) mass is 307 g/mol. The molecule has 2 aliphatic rings. The maximum atomic E-state index is 5.90. The van der Waals surface area contributed by atoms with Crippen molar-refractivity contribution in [3.8, 4) is 5.75 Å². The normalized spacial score (nSPS) is 21.2. The summed E-state index contributed by atoms with van der Waals surface area (Å²) in [5, 5.41) is 0. The van der Waals surface area contributed by atoms with Crippen LogP contribution in [0.25, 0.3) is 0 Å². The fraction of sp³-hybridized carbons (Fsp3) is 0.562. The molecule has 1 aromatic rings. The van der Waals surface area contributed by atoms with Gasteiger partial charge in [-0.3, -0.25) is 0 Å². The molecule has 21 heavy (non-hydrogen) atoms. The minimum absolute atomic E-state index is 0.268. The van der Waals surface area contributed by atoms with E-state index in [9.17, 15) is 0 Å². The Balaban J connectivity index is 1.66. The molecule has 2 fully saturated rings. The van der Waals surface area contributed by atoms with Crippen LogP contribution < -0.4 is 4.74 Å². The fourth-order valence-corrected chi connectivity index (χ4v) is 2.71. The van der Waals surface area contributed by atoms with Gasteiger partial charge in [-0.2, -0.15) is 0 Å². The van der Waals surface area contributed by atoms with Crippen LogP contribution in [0.4, 0.5) is 0 Å². The first-order valence-corrected chi connectivity index (χ1v) is 7.82. The standard InChI is InChI=1S/C16H21NO3S/c1-12-2-3-13(15(8-12)20-11-14-10-19-14)9-16(21)17-4-6-18-7-5-17/h2-3,8,14H,4-7,9-11H2,1H3/t14-/m0/s1. The van der Waals surface area contributed by atoms with Crippen LogP contribution in [0, 0.1) is 6.92 Å². The SMILES string of the molecule is Cc1ccc(CC(=S)N2CCOCC2)c(OC[C@@H]2CO2)c1. The van der Waals surface area contributed by atoms with Gasteiger partial charge in [0.25, 0.3) is 0 Å². The van der Waals surface area contributed by atoms with Crippen LogP contribution >= 0.6 is 12.2 Å². The zero-order chi connectivity index (χ0) is 14.7. The van der Waals surface area contributed by atoms with Crippen molar-refractivity contribution in [2.24, 2.45) is 0 Å². The summed E-state index contributed by atoms with van der Waals surface area (Å²) in [6.07, 6.45) is 1.01. The number of rotatable bonds is 5. The summed E-state index contributed by atoms with van der Waals surface area (Å²) in [6, 6.07) is 6.31. The summed E-state index contributed by atoms with van der Waals surface area (Å²) in [6.45, 7) is 6.80. The molecule has 1 atom stereocenters. The molecule has 0 bridgehead atoms. The van der Waals surface area contributed by atoms with E-state index in [2.05, 4.69) is 30.0 Å². The van der Waals surface area contributed by atoms with Gasteiger partial charge in [0.15, 0.2) is 0 Å². The first-order valence-electron chi connectivity index (χ1n) is 7.42. The summed E-state index contributed by atoms with van der Waals surface area (Å²) in [5.41, 5.74) is 2.35. The summed E-state index contributed by atoms with van der Waals surface area (Å²) in [7, 11) is 0. The summed E-state index contributed by atoms with van der Waals surface area (Å²) in [4.78, 5) is 3.20. The molecule has 2 heterocycles. The predicted octanol–water partition coefficient (Wildman–Crippen LogP) is 1.97. The van der Waals surface area contributed by atoms with Gasteiger partial charge in [0.05, 0.1) is 24.8 Å². The molecule has 5 heteroatoms. The van der Waals surface area contributed by atoms with Crippen molar-refractivity contribution in [1.82, 2.24) is 4.90 Å². The molecule has 0 unspecified atom stereocenters. The quantitative estimate of drug-likeness (QED) is 0.614. The lowest BCUT2D eigenvalue weighted by Crippen LogP contribution is -2.40. The molecular formula is C16H21NO3S. The van der Waals surface area contributed by atoms with Gasteiger partial charge >= 0.3 is 0 Å². The Hall–Kier alpha value is -1.17. The van der Waals surface area contributed by atoms with Gasteiger partial charge in [-0.05, 0) is 18.6 Å². The smallest absolute Gasteiger partial charge is 0.123 e. The van der Waals surface area contributed by atoms with E-state index in [1.165, 1.54) is 5.56 Å². The zero-order valence-electron chi connectivity index (χ0n) is 12.3. The first-order chi connectivity index (χ1) is 10.2. The average Bonchev–Trinajstić information content (AvgIpc) is 3.32. The highest BCUT2D eigenvalue weighted by Gasteiger charge is 2.24. The van der Waals surface area contributed by atoms with E-state index in [1.54, 1.807) is 0 Å². The highest BCUT2D eigenvalue weighted by Crippen LogP contribution is 2.23. The summed E-state index contributed by atoms with van der Waals surface area (Å²) in [5.74, 6) is 0.932. The van der Waals surface area contributed by atoms with E-state index < -0.39 is 0 Å². The molecule has 0 aromatic heterocycles. The Bertz CT molecular complexity index is 510. The van der Waals surface area contributed by atoms with Gasteiger partial charge in [-0.25, -0.2) is 0 Å². The van der Waals surface area contributed by atoms with E-state index in [1.807, 2.05) is 0 Å². The van der Waals surface area contributed by atoms with Crippen LogP contribution in [0.1, 0.15) is 11.1 Å². The third-order valence-corrected chi connectivity index (χ3v) is 4.16. The Morgan fingerprint density at radius 1 is 1.38 bits per heavy atom. The Labute approximate surface area is 131 Å². The number of benzene rings is 1. The zero-order valence-corrected chi connectivity index (χ0v) is 13.2. The minimum Gasteiger partial charge on any atom is -0.490 e. The number of morpholine rings is 1. The lowest BCUT2D eigenvalue weighted by Gasteiger charge is -2.29. The Morgan fingerprint density at radius 2 is 2.14 bits per heavy atom. The van der Waals surface area contributed by atoms with E-state index in [0.717, 1.165) is 55.6 Å².